The van der Waals surface area contributed by atoms with Gasteiger partial charge in [0.2, 0.25) is 0 Å². The van der Waals surface area contributed by atoms with Crippen molar-refractivity contribution in [3.63, 3.8) is 0 Å². The van der Waals surface area contributed by atoms with Crippen molar-refractivity contribution in [2.45, 2.75) is 70.5 Å². The topological polar surface area (TPSA) is 72.8 Å². The minimum Gasteiger partial charge on any atom is -0.494 e. The van der Waals surface area contributed by atoms with E-state index in [0.29, 0.717) is 5.92 Å². The van der Waals surface area contributed by atoms with Gasteiger partial charge in [-0.2, -0.15) is 0 Å². The van der Waals surface area contributed by atoms with Gasteiger partial charge in [0, 0.05) is 6.42 Å². The molecule has 0 spiro atoms. The lowest BCUT2D eigenvalue weighted by Gasteiger charge is -2.11. The van der Waals surface area contributed by atoms with Crippen molar-refractivity contribution >= 4 is 11.8 Å². The summed E-state index contributed by atoms with van der Waals surface area (Å²) in [5, 5.41) is 9.50. The molecule has 1 N–H and O–H groups in total. The van der Waals surface area contributed by atoms with Crippen molar-refractivity contribution in [2.24, 2.45) is 0 Å². The number of methoxy groups -OCH3 is 1. The van der Waals surface area contributed by atoms with Crippen molar-refractivity contribution in [3.8, 4) is 0 Å². The van der Waals surface area contributed by atoms with Gasteiger partial charge in [0.05, 0.1) is 7.11 Å². The van der Waals surface area contributed by atoms with Crippen molar-refractivity contribution in [1.29, 1.82) is 0 Å². The molecular weight excluding hydrogens is 344 g/mol. The van der Waals surface area contributed by atoms with E-state index in [1.54, 1.807) is 0 Å². The van der Waals surface area contributed by atoms with Gasteiger partial charge in [-0.1, -0.05) is 69.4 Å². The Labute approximate surface area is 161 Å². The van der Waals surface area contributed by atoms with Crippen LogP contribution in [0.3, 0.4) is 0 Å². The Morgan fingerprint density at radius 2 is 1.74 bits per heavy atom. The summed E-state index contributed by atoms with van der Waals surface area (Å²) >= 11 is 0. The molecule has 0 saturated heterocycles. The van der Waals surface area contributed by atoms with E-state index in [0.717, 1.165) is 25.7 Å². The number of unbranched alkanes of at least 4 members (excludes halogenated alkanes) is 5. The Kier molecular flexibility index (Phi) is 8.52. The summed E-state index contributed by atoms with van der Waals surface area (Å²) in [5.41, 5.74) is 1.26. The molecule has 1 heterocycles. The highest BCUT2D eigenvalue weighted by Gasteiger charge is 2.37. The molecule has 1 aliphatic heterocycles. The smallest absolute Gasteiger partial charge is 0.348 e. The molecule has 2 atom stereocenters. The number of esters is 1. The normalized spacial score (nSPS) is 17.7. The Balaban J connectivity index is 1.56. The molecule has 5 heteroatoms. The maximum atomic E-state index is 12.2. The van der Waals surface area contributed by atoms with Crippen LogP contribution in [0.4, 0.5) is 0 Å². The van der Waals surface area contributed by atoms with Crippen LogP contribution in [-0.4, -0.2) is 30.3 Å². The van der Waals surface area contributed by atoms with Crippen LogP contribution in [0.25, 0.3) is 0 Å². The third-order valence-electron chi connectivity index (χ3n) is 5.05. The Morgan fingerprint density at radius 1 is 1.11 bits per heavy atom. The number of aliphatic hydroxyl groups excluding tert-OH is 1. The fourth-order valence-corrected chi connectivity index (χ4v) is 3.41. The number of Topliss-reactive ketones (excluding diaryl/α,β-unsaturated/α-hetero) is 1. The maximum Gasteiger partial charge on any atom is 0.348 e. The highest BCUT2D eigenvalue weighted by Crippen LogP contribution is 2.25. The molecule has 2 unspecified atom stereocenters. The second kappa shape index (κ2) is 10.9. The molecule has 1 aromatic rings. The number of carbonyl (C=O) groups excluding carboxylic acids is 2. The first-order chi connectivity index (χ1) is 13.0. The first-order valence-electron chi connectivity index (χ1n) is 9.80. The summed E-state index contributed by atoms with van der Waals surface area (Å²) < 4.78 is 9.53. The average Bonchev–Trinajstić information content (AvgIpc) is 2.97. The fourth-order valence-electron chi connectivity index (χ4n) is 3.41. The molecule has 5 nitrogen and oxygen atoms in total. The molecular formula is C22H30O5. The number of ether oxygens (including phenoxy) is 2. The van der Waals surface area contributed by atoms with E-state index in [1.165, 1.54) is 31.9 Å². The number of ketones is 1. The lowest BCUT2D eigenvalue weighted by molar-refractivity contribution is -0.154. The monoisotopic (exact) mass is 374 g/mol. The number of carbonyl (C=O) groups is 2. The predicted octanol–water partition coefficient (Wildman–Crippen LogP) is 4.26. The van der Waals surface area contributed by atoms with Crippen LogP contribution < -0.4 is 0 Å². The second-order valence-corrected chi connectivity index (χ2v) is 7.10. The van der Waals surface area contributed by atoms with Gasteiger partial charge in [-0.05, 0) is 24.3 Å². The van der Waals surface area contributed by atoms with Gasteiger partial charge < -0.3 is 14.6 Å². The third kappa shape index (κ3) is 6.21. The molecule has 2 rings (SSSR count). The molecule has 148 valence electrons. The number of hydrogen-bond acceptors (Lipinski definition) is 5. The van der Waals surface area contributed by atoms with Crippen molar-refractivity contribution in [3.05, 3.63) is 47.2 Å². The molecule has 27 heavy (non-hydrogen) atoms. The lowest BCUT2D eigenvalue weighted by Crippen LogP contribution is -2.11. The van der Waals surface area contributed by atoms with Crippen LogP contribution in [0.15, 0.2) is 41.7 Å². The van der Waals surface area contributed by atoms with E-state index < -0.39 is 12.3 Å². The first kappa shape index (κ1) is 21.2. The van der Waals surface area contributed by atoms with Crippen LogP contribution in [0.2, 0.25) is 0 Å². The molecule has 1 aliphatic rings. The third-order valence-corrected chi connectivity index (χ3v) is 5.05. The summed E-state index contributed by atoms with van der Waals surface area (Å²) in [4.78, 5) is 23.8. The minimum absolute atomic E-state index is 0.0717. The summed E-state index contributed by atoms with van der Waals surface area (Å²) in [6.07, 6.45) is 6.33. The van der Waals surface area contributed by atoms with Gasteiger partial charge in [-0.15, -0.1) is 0 Å². The van der Waals surface area contributed by atoms with E-state index in [2.05, 4.69) is 35.9 Å². The molecule has 0 fully saturated rings. The SMILES string of the molecule is COC1=C(C(=O)CCCCCCCCC(C)c2ccccc2)C(=O)OC1O. The van der Waals surface area contributed by atoms with E-state index in [1.807, 2.05) is 6.07 Å². The van der Waals surface area contributed by atoms with Crippen molar-refractivity contribution < 1.29 is 24.2 Å². The first-order valence-corrected chi connectivity index (χ1v) is 9.80. The zero-order valence-corrected chi connectivity index (χ0v) is 16.3. The molecule has 0 aliphatic carbocycles. The lowest BCUT2D eigenvalue weighted by atomic mass is 9.94. The molecule has 0 saturated carbocycles. The Hall–Kier alpha value is -2.14. The highest BCUT2D eigenvalue weighted by molar-refractivity contribution is 6.18. The van der Waals surface area contributed by atoms with Crippen molar-refractivity contribution in [1.82, 2.24) is 0 Å². The standard InChI is InChI=1S/C22H30O5/c1-16(17-13-9-7-10-14-17)12-8-5-3-4-6-11-15-18(23)19-20(26-2)22(25)27-21(19)24/h7,9-10,13-14,16,22,25H,3-6,8,11-12,15H2,1-2H3. The number of cyclic esters (lactones) is 1. The predicted molar refractivity (Wildman–Crippen MR) is 103 cm³/mol. The van der Waals surface area contributed by atoms with Crippen LogP contribution in [0.5, 0.6) is 0 Å². The minimum atomic E-state index is -1.46. The van der Waals surface area contributed by atoms with Crippen LogP contribution >= 0.6 is 0 Å². The maximum absolute atomic E-state index is 12.2. The van der Waals surface area contributed by atoms with Crippen LogP contribution in [0, 0.1) is 0 Å². The fraction of sp³-hybridized carbons (Fsp3) is 0.545. The molecule has 0 aromatic heterocycles. The zero-order chi connectivity index (χ0) is 19.6. The molecule has 1 aromatic carbocycles. The second-order valence-electron chi connectivity index (χ2n) is 7.10. The quantitative estimate of drug-likeness (QED) is 0.336. The average molecular weight is 374 g/mol. The number of benzene rings is 1. The Morgan fingerprint density at radius 3 is 2.41 bits per heavy atom. The van der Waals surface area contributed by atoms with Gasteiger partial charge in [-0.25, -0.2) is 4.79 Å². The van der Waals surface area contributed by atoms with E-state index in [-0.39, 0.29) is 23.5 Å². The molecule has 0 amide bonds. The van der Waals surface area contributed by atoms with E-state index in [4.69, 9.17) is 4.74 Å². The molecule has 0 radical (unpaired) electrons. The zero-order valence-electron chi connectivity index (χ0n) is 16.3. The number of hydrogen-bond donors (Lipinski definition) is 1. The highest BCUT2D eigenvalue weighted by atomic mass is 16.7. The van der Waals surface area contributed by atoms with Gasteiger partial charge in [0.15, 0.2) is 11.5 Å². The molecule has 0 bridgehead atoms. The van der Waals surface area contributed by atoms with Gasteiger partial charge >= 0.3 is 5.97 Å². The summed E-state index contributed by atoms with van der Waals surface area (Å²) in [7, 11) is 1.31. The van der Waals surface area contributed by atoms with Gasteiger partial charge in [0.1, 0.15) is 5.57 Å². The van der Waals surface area contributed by atoms with E-state index in [9.17, 15) is 14.7 Å². The summed E-state index contributed by atoms with van der Waals surface area (Å²) in [5.74, 6) is -0.590. The summed E-state index contributed by atoms with van der Waals surface area (Å²) in [6, 6.07) is 10.6. The van der Waals surface area contributed by atoms with E-state index >= 15 is 0 Å². The van der Waals surface area contributed by atoms with Crippen LogP contribution in [-0.2, 0) is 19.1 Å². The van der Waals surface area contributed by atoms with Gasteiger partial charge in [0.25, 0.3) is 6.29 Å². The van der Waals surface area contributed by atoms with Crippen molar-refractivity contribution in [2.75, 3.05) is 7.11 Å². The largest absolute Gasteiger partial charge is 0.494 e. The summed E-state index contributed by atoms with van der Waals surface area (Å²) in [6.45, 7) is 2.27. The number of rotatable bonds is 12. The Bertz CT molecular complexity index is 650. The number of aliphatic hydroxyl groups is 1. The van der Waals surface area contributed by atoms with Crippen LogP contribution in [0.1, 0.15) is 69.8 Å². The van der Waals surface area contributed by atoms with Gasteiger partial charge in [-0.3, -0.25) is 4.79 Å².